The average Bonchev–Trinajstić information content (AvgIpc) is 3.11. The van der Waals surface area contributed by atoms with E-state index in [-0.39, 0.29) is 5.41 Å². The number of hydrogen-bond acceptors (Lipinski definition) is 6. The summed E-state index contributed by atoms with van der Waals surface area (Å²) in [6, 6.07) is 4.33. The first-order valence-electron chi connectivity index (χ1n) is 7.97. The number of thiophene rings is 1. The van der Waals surface area contributed by atoms with Gasteiger partial charge in [-0.3, -0.25) is 9.80 Å². The second kappa shape index (κ2) is 6.84. The lowest BCUT2D eigenvalue weighted by molar-refractivity contribution is 0.0979. The van der Waals surface area contributed by atoms with Gasteiger partial charge < -0.3 is 4.42 Å². The van der Waals surface area contributed by atoms with Crippen molar-refractivity contribution in [2.75, 3.05) is 26.2 Å². The van der Waals surface area contributed by atoms with Gasteiger partial charge in [0.1, 0.15) is 0 Å². The maximum atomic E-state index is 5.64. The lowest BCUT2D eigenvalue weighted by atomic mass is 9.97. The summed E-state index contributed by atoms with van der Waals surface area (Å²) >= 11 is 7.14. The SMILES string of the molecule is CC(C)(C)c1nn(CN2CCN(Cc3cccs3)CC2)c(=S)o1. The molecule has 0 amide bonds. The molecule has 0 aliphatic carbocycles. The molecule has 1 aliphatic heterocycles. The monoisotopic (exact) mass is 352 g/mol. The molecule has 1 aliphatic rings. The van der Waals surface area contributed by atoms with E-state index in [4.69, 9.17) is 16.6 Å². The zero-order valence-electron chi connectivity index (χ0n) is 14.0. The molecule has 1 saturated heterocycles. The van der Waals surface area contributed by atoms with Crippen LogP contribution in [0.5, 0.6) is 0 Å². The van der Waals surface area contributed by atoms with Gasteiger partial charge in [-0.2, -0.15) is 0 Å². The van der Waals surface area contributed by atoms with Crippen molar-refractivity contribution >= 4 is 23.6 Å². The van der Waals surface area contributed by atoms with Gasteiger partial charge in [0.15, 0.2) is 0 Å². The van der Waals surface area contributed by atoms with Gasteiger partial charge in [0, 0.05) is 43.0 Å². The van der Waals surface area contributed by atoms with E-state index in [0.717, 1.165) is 32.7 Å². The second-order valence-corrected chi connectivity index (χ2v) is 8.42. The van der Waals surface area contributed by atoms with Crippen molar-refractivity contribution in [1.82, 2.24) is 19.6 Å². The van der Waals surface area contributed by atoms with Crippen molar-refractivity contribution in [2.45, 2.75) is 39.4 Å². The average molecular weight is 353 g/mol. The molecule has 0 bridgehead atoms. The Morgan fingerprint density at radius 3 is 2.48 bits per heavy atom. The van der Waals surface area contributed by atoms with E-state index in [0.29, 0.717) is 17.4 Å². The van der Waals surface area contributed by atoms with Gasteiger partial charge >= 0.3 is 0 Å². The van der Waals surface area contributed by atoms with Crippen molar-refractivity contribution in [1.29, 1.82) is 0 Å². The second-order valence-electron chi connectivity index (χ2n) is 7.04. The molecular formula is C16H24N4OS2. The molecule has 0 N–H and O–H groups in total. The highest BCUT2D eigenvalue weighted by atomic mass is 32.1. The summed E-state index contributed by atoms with van der Waals surface area (Å²) in [6.45, 7) is 12.2. The van der Waals surface area contributed by atoms with Gasteiger partial charge in [-0.05, 0) is 23.7 Å². The van der Waals surface area contributed by atoms with Crippen LogP contribution < -0.4 is 0 Å². The fraction of sp³-hybridized carbons (Fsp3) is 0.625. The van der Waals surface area contributed by atoms with Crippen LogP contribution in [0.3, 0.4) is 0 Å². The van der Waals surface area contributed by atoms with Gasteiger partial charge in [-0.15, -0.1) is 16.4 Å². The number of hydrogen-bond donors (Lipinski definition) is 0. The summed E-state index contributed by atoms with van der Waals surface area (Å²) in [5, 5.41) is 6.69. The molecule has 126 valence electrons. The minimum atomic E-state index is -0.113. The molecule has 1 fully saturated rings. The van der Waals surface area contributed by atoms with Crippen molar-refractivity contribution in [3.8, 4) is 0 Å². The largest absolute Gasteiger partial charge is 0.413 e. The number of nitrogens with zero attached hydrogens (tertiary/aromatic N) is 4. The van der Waals surface area contributed by atoms with Crippen LogP contribution in [0.1, 0.15) is 31.5 Å². The van der Waals surface area contributed by atoms with Gasteiger partial charge in [0.25, 0.3) is 4.84 Å². The third kappa shape index (κ3) is 4.29. The minimum Gasteiger partial charge on any atom is -0.413 e. The molecule has 7 heteroatoms. The topological polar surface area (TPSA) is 37.4 Å². The quantitative estimate of drug-likeness (QED) is 0.789. The van der Waals surface area contributed by atoms with E-state index < -0.39 is 0 Å². The third-order valence-corrected chi connectivity index (χ3v) is 5.16. The van der Waals surface area contributed by atoms with E-state index in [1.807, 2.05) is 16.0 Å². The summed E-state index contributed by atoms with van der Waals surface area (Å²) in [5.41, 5.74) is -0.113. The number of piperazine rings is 1. The summed E-state index contributed by atoms with van der Waals surface area (Å²) in [6.07, 6.45) is 0. The predicted octanol–water partition coefficient (Wildman–Crippen LogP) is 3.34. The number of aromatic nitrogens is 2. The maximum Gasteiger partial charge on any atom is 0.288 e. The zero-order chi connectivity index (χ0) is 16.4. The fourth-order valence-electron chi connectivity index (χ4n) is 2.60. The lowest BCUT2D eigenvalue weighted by Crippen LogP contribution is -2.46. The molecule has 0 aromatic carbocycles. The molecule has 23 heavy (non-hydrogen) atoms. The Balaban J connectivity index is 1.55. The van der Waals surface area contributed by atoms with Crippen LogP contribution >= 0.6 is 23.6 Å². The highest BCUT2D eigenvalue weighted by Crippen LogP contribution is 2.20. The molecule has 0 saturated carbocycles. The fourth-order valence-corrected chi connectivity index (χ4v) is 3.52. The van der Waals surface area contributed by atoms with Crippen LogP contribution in [0.4, 0.5) is 0 Å². The van der Waals surface area contributed by atoms with Crippen molar-refractivity contribution in [3.63, 3.8) is 0 Å². The first-order valence-corrected chi connectivity index (χ1v) is 9.26. The Morgan fingerprint density at radius 2 is 1.91 bits per heavy atom. The zero-order valence-corrected chi connectivity index (χ0v) is 15.6. The van der Waals surface area contributed by atoms with E-state index >= 15 is 0 Å². The van der Waals surface area contributed by atoms with Gasteiger partial charge in [-0.25, -0.2) is 4.68 Å². The summed E-state index contributed by atoms with van der Waals surface area (Å²) < 4.78 is 7.45. The van der Waals surface area contributed by atoms with E-state index in [9.17, 15) is 0 Å². The normalized spacial score (nSPS) is 17.7. The molecule has 3 heterocycles. The van der Waals surface area contributed by atoms with Crippen LogP contribution in [0.25, 0.3) is 0 Å². The van der Waals surface area contributed by atoms with Crippen LogP contribution in [0, 0.1) is 4.84 Å². The van der Waals surface area contributed by atoms with Gasteiger partial charge in [-0.1, -0.05) is 26.8 Å². The van der Waals surface area contributed by atoms with Crippen molar-refractivity contribution < 1.29 is 4.42 Å². The van der Waals surface area contributed by atoms with Crippen LogP contribution in [0.15, 0.2) is 21.9 Å². The minimum absolute atomic E-state index is 0.113. The molecular weight excluding hydrogens is 328 g/mol. The molecule has 0 spiro atoms. The Bertz CT molecular complexity index is 676. The molecule has 3 rings (SSSR count). The Morgan fingerprint density at radius 1 is 1.22 bits per heavy atom. The molecule has 5 nitrogen and oxygen atoms in total. The van der Waals surface area contributed by atoms with Gasteiger partial charge in [0.05, 0.1) is 6.67 Å². The Kier molecular flexibility index (Phi) is 5.01. The molecule has 0 radical (unpaired) electrons. The standard InChI is InChI=1S/C16H24N4OS2/c1-16(2,3)14-17-20(15(22)21-14)12-19-8-6-18(7-9-19)11-13-5-4-10-23-13/h4-5,10H,6-9,11-12H2,1-3H3. The van der Waals surface area contributed by atoms with Crippen LogP contribution in [-0.2, 0) is 18.6 Å². The van der Waals surface area contributed by atoms with E-state index in [2.05, 4.69) is 53.2 Å². The van der Waals surface area contributed by atoms with Crippen molar-refractivity contribution in [2.24, 2.45) is 0 Å². The highest BCUT2D eigenvalue weighted by molar-refractivity contribution is 7.71. The molecule has 2 aromatic heterocycles. The van der Waals surface area contributed by atoms with Crippen LogP contribution in [0.2, 0.25) is 0 Å². The molecule has 0 atom stereocenters. The highest BCUT2D eigenvalue weighted by Gasteiger charge is 2.23. The third-order valence-electron chi connectivity index (χ3n) is 4.01. The van der Waals surface area contributed by atoms with Crippen LogP contribution in [-0.4, -0.2) is 45.8 Å². The predicted molar refractivity (Wildman–Crippen MR) is 95.2 cm³/mol. The molecule has 0 unspecified atom stereocenters. The maximum absolute atomic E-state index is 5.64. The summed E-state index contributed by atoms with van der Waals surface area (Å²) in [5.74, 6) is 0.707. The lowest BCUT2D eigenvalue weighted by Gasteiger charge is -2.34. The number of rotatable bonds is 4. The first-order chi connectivity index (χ1) is 10.9. The van der Waals surface area contributed by atoms with Crippen molar-refractivity contribution in [3.05, 3.63) is 33.1 Å². The van der Waals surface area contributed by atoms with E-state index in [1.165, 1.54) is 4.88 Å². The first kappa shape index (κ1) is 16.8. The smallest absolute Gasteiger partial charge is 0.288 e. The Hall–Kier alpha value is -1.02. The Labute approximate surface area is 146 Å². The summed E-state index contributed by atoms with van der Waals surface area (Å²) in [4.78, 5) is 6.80. The van der Waals surface area contributed by atoms with Gasteiger partial charge in [0.2, 0.25) is 5.89 Å². The molecule has 2 aromatic rings. The van der Waals surface area contributed by atoms with E-state index in [1.54, 1.807) is 0 Å². The summed E-state index contributed by atoms with van der Waals surface area (Å²) in [7, 11) is 0.